The van der Waals surface area contributed by atoms with E-state index in [1.54, 1.807) is 17.8 Å². The van der Waals surface area contributed by atoms with E-state index in [1.165, 1.54) is 0 Å². The second kappa shape index (κ2) is 6.57. The number of halogens is 1. The molecule has 1 aliphatic rings. The van der Waals surface area contributed by atoms with Crippen LogP contribution in [0, 0.1) is 16.7 Å². The third kappa shape index (κ3) is 4.62. The topological polar surface area (TPSA) is 70.0 Å². The van der Waals surface area contributed by atoms with E-state index in [9.17, 15) is 8.42 Å². The maximum atomic E-state index is 12.1. The lowest BCUT2D eigenvalue weighted by Crippen LogP contribution is -2.32. The van der Waals surface area contributed by atoms with Crippen LogP contribution in [0.3, 0.4) is 0 Å². The molecule has 1 atom stereocenters. The van der Waals surface area contributed by atoms with Crippen molar-refractivity contribution in [3.8, 4) is 6.07 Å². The highest BCUT2D eigenvalue weighted by Gasteiger charge is 2.46. The van der Waals surface area contributed by atoms with E-state index in [2.05, 4.69) is 10.8 Å². The lowest BCUT2D eigenvalue weighted by atomic mass is 10.1. The van der Waals surface area contributed by atoms with Crippen molar-refractivity contribution in [2.45, 2.75) is 18.1 Å². The number of nitriles is 1. The summed E-state index contributed by atoms with van der Waals surface area (Å²) in [7, 11) is -3.43. The number of hydrogen-bond acceptors (Lipinski definition) is 4. The van der Waals surface area contributed by atoms with Gasteiger partial charge in [0.25, 0.3) is 0 Å². The summed E-state index contributed by atoms with van der Waals surface area (Å²) in [6.45, 7) is 0.297. The molecule has 114 valence electrons. The Bertz CT molecular complexity index is 651. The molecule has 1 aromatic rings. The van der Waals surface area contributed by atoms with E-state index in [4.69, 9.17) is 16.9 Å². The maximum Gasteiger partial charge on any atom is 0.213 e. The molecule has 0 aliphatic heterocycles. The minimum atomic E-state index is -3.43. The average Bonchev–Trinajstić information content (AvgIpc) is 3.19. The number of nitrogens with one attached hydrogen (secondary N) is 1. The highest BCUT2D eigenvalue weighted by molar-refractivity contribution is 7.98. The Kier molecular flexibility index (Phi) is 5.20. The van der Waals surface area contributed by atoms with Crippen molar-refractivity contribution in [1.82, 2.24) is 4.72 Å². The van der Waals surface area contributed by atoms with E-state index in [-0.39, 0.29) is 11.0 Å². The van der Waals surface area contributed by atoms with Crippen LogP contribution < -0.4 is 4.72 Å². The normalized spacial score (nSPS) is 18.0. The predicted octanol–water partition coefficient (Wildman–Crippen LogP) is 2.97. The molecular weight excluding hydrogens is 328 g/mol. The van der Waals surface area contributed by atoms with Crippen LogP contribution in [0.25, 0.3) is 0 Å². The molecule has 4 nitrogen and oxygen atoms in total. The first-order valence-corrected chi connectivity index (χ1v) is 9.88. The maximum absolute atomic E-state index is 12.1. The molecule has 1 saturated carbocycles. The van der Waals surface area contributed by atoms with E-state index < -0.39 is 15.4 Å². The predicted molar refractivity (Wildman–Crippen MR) is 86.8 cm³/mol. The summed E-state index contributed by atoms with van der Waals surface area (Å²) >= 11 is 7.53. The molecule has 0 radical (unpaired) electrons. The largest absolute Gasteiger partial charge is 0.214 e. The Hall–Kier alpha value is -0.740. The molecule has 0 unspecified atom stereocenters. The molecular formula is C14H17ClN2O2S2. The molecule has 1 aromatic carbocycles. The van der Waals surface area contributed by atoms with Crippen LogP contribution in [0.4, 0.5) is 0 Å². The second-order valence-electron chi connectivity index (χ2n) is 5.28. The quantitative estimate of drug-likeness (QED) is 0.825. The third-order valence-corrected chi connectivity index (χ3v) is 6.33. The molecule has 0 saturated heterocycles. The fourth-order valence-electron chi connectivity index (χ4n) is 2.10. The molecule has 1 fully saturated rings. The number of sulfonamides is 1. The first-order chi connectivity index (χ1) is 9.90. The number of rotatable bonds is 7. The van der Waals surface area contributed by atoms with Crippen molar-refractivity contribution in [2.75, 3.05) is 18.6 Å². The van der Waals surface area contributed by atoms with E-state index in [0.29, 0.717) is 24.4 Å². The summed E-state index contributed by atoms with van der Waals surface area (Å²) in [5.41, 5.74) is 0.329. The van der Waals surface area contributed by atoms with Gasteiger partial charge in [0.05, 0.1) is 17.2 Å². The fraction of sp³-hybridized carbons (Fsp3) is 0.500. The van der Waals surface area contributed by atoms with Crippen molar-refractivity contribution < 1.29 is 8.42 Å². The number of nitrogens with zero attached hydrogens (tertiary/aromatic N) is 1. The molecule has 0 bridgehead atoms. The smallest absolute Gasteiger partial charge is 0.213 e. The van der Waals surface area contributed by atoms with Gasteiger partial charge < -0.3 is 0 Å². The van der Waals surface area contributed by atoms with Gasteiger partial charge in [-0.2, -0.15) is 17.0 Å². The number of thioether (sulfide) groups is 1. The van der Waals surface area contributed by atoms with Gasteiger partial charge in [0.2, 0.25) is 10.0 Å². The van der Waals surface area contributed by atoms with Gasteiger partial charge in [-0.25, -0.2) is 13.1 Å². The van der Waals surface area contributed by atoms with Crippen molar-refractivity contribution >= 4 is 33.4 Å². The van der Waals surface area contributed by atoms with Gasteiger partial charge in [-0.05, 0) is 36.8 Å². The summed E-state index contributed by atoms with van der Waals surface area (Å²) in [6, 6.07) is 9.52. The zero-order chi connectivity index (χ0) is 15.5. The van der Waals surface area contributed by atoms with Gasteiger partial charge >= 0.3 is 0 Å². The summed E-state index contributed by atoms with van der Waals surface area (Å²) in [4.78, 5) is 0. The molecule has 0 amide bonds. The van der Waals surface area contributed by atoms with E-state index in [1.807, 2.05) is 24.5 Å². The zero-order valence-electron chi connectivity index (χ0n) is 11.7. The Labute approximate surface area is 134 Å². The van der Waals surface area contributed by atoms with Crippen LogP contribution in [0.1, 0.15) is 23.7 Å². The molecule has 7 heteroatoms. The van der Waals surface area contributed by atoms with Gasteiger partial charge in [-0.15, -0.1) is 0 Å². The SMILES string of the molecule is CS[C@H](CNS(=O)(=O)CC1(C#N)CC1)c1cccc(Cl)c1. The fourth-order valence-corrected chi connectivity index (χ4v) is 4.68. The first-order valence-electron chi connectivity index (χ1n) is 6.57. The number of benzene rings is 1. The lowest BCUT2D eigenvalue weighted by molar-refractivity contribution is 0.569. The first kappa shape index (κ1) is 16.6. The monoisotopic (exact) mass is 344 g/mol. The van der Waals surface area contributed by atoms with Crippen LogP contribution in [-0.2, 0) is 10.0 Å². The van der Waals surface area contributed by atoms with Crippen LogP contribution >= 0.6 is 23.4 Å². The molecule has 0 spiro atoms. The van der Waals surface area contributed by atoms with Crippen LogP contribution in [0.5, 0.6) is 0 Å². The summed E-state index contributed by atoms with van der Waals surface area (Å²) < 4.78 is 26.7. The van der Waals surface area contributed by atoms with Crippen molar-refractivity contribution in [1.29, 1.82) is 5.26 Å². The summed E-state index contributed by atoms with van der Waals surface area (Å²) in [6.07, 6.45) is 3.27. The van der Waals surface area contributed by atoms with Gasteiger partial charge in [0, 0.05) is 16.8 Å². The van der Waals surface area contributed by atoms with Crippen LogP contribution in [0.15, 0.2) is 24.3 Å². The van der Waals surface area contributed by atoms with Crippen molar-refractivity contribution in [2.24, 2.45) is 5.41 Å². The van der Waals surface area contributed by atoms with Gasteiger partial charge in [0.15, 0.2) is 0 Å². The summed E-state index contributed by atoms with van der Waals surface area (Å²) in [5, 5.41) is 9.62. The average molecular weight is 345 g/mol. The standard InChI is InChI=1S/C14H17ClN2O2S2/c1-20-13(11-3-2-4-12(15)7-11)8-17-21(18,19)10-14(9-16)5-6-14/h2-4,7,13,17H,5-6,8,10H2,1H3/t13-/m1/s1. The minimum absolute atomic E-state index is 0.00397. The molecule has 0 heterocycles. The Balaban J connectivity index is 1.98. The van der Waals surface area contributed by atoms with Crippen molar-refractivity contribution in [3.05, 3.63) is 34.9 Å². The van der Waals surface area contributed by atoms with Crippen LogP contribution in [0.2, 0.25) is 5.02 Å². The Morgan fingerprint density at radius 2 is 2.24 bits per heavy atom. The highest BCUT2D eigenvalue weighted by Crippen LogP contribution is 2.45. The Morgan fingerprint density at radius 3 is 2.76 bits per heavy atom. The molecule has 0 aromatic heterocycles. The third-order valence-electron chi connectivity index (χ3n) is 3.55. The van der Waals surface area contributed by atoms with Gasteiger partial charge in [0.1, 0.15) is 0 Å². The lowest BCUT2D eigenvalue weighted by Gasteiger charge is -2.17. The van der Waals surface area contributed by atoms with Crippen molar-refractivity contribution in [3.63, 3.8) is 0 Å². The highest BCUT2D eigenvalue weighted by atomic mass is 35.5. The Morgan fingerprint density at radius 1 is 1.52 bits per heavy atom. The van der Waals surface area contributed by atoms with Gasteiger partial charge in [-0.1, -0.05) is 23.7 Å². The zero-order valence-corrected chi connectivity index (χ0v) is 14.1. The summed E-state index contributed by atoms with van der Waals surface area (Å²) in [5.74, 6) is -0.104. The molecule has 1 aliphatic carbocycles. The van der Waals surface area contributed by atoms with Gasteiger partial charge in [-0.3, -0.25) is 0 Å². The minimum Gasteiger partial charge on any atom is -0.214 e. The molecule has 1 N–H and O–H groups in total. The number of hydrogen-bond donors (Lipinski definition) is 1. The van der Waals surface area contributed by atoms with E-state index in [0.717, 1.165) is 5.56 Å². The van der Waals surface area contributed by atoms with Crippen LogP contribution in [-0.4, -0.2) is 27.0 Å². The molecule has 2 rings (SSSR count). The molecule has 21 heavy (non-hydrogen) atoms. The second-order valence-corrected chi connectivity index (χ2v) is 8.56. The van der Waals surface area contributed by atoms with E-state index >= 15 is 0 Å².